The van der Waals surface area contributed by atoms with Gasteiger partial charge >= 0.3 is 5.97 Å². The van der Waals surface area contributed by atoms with Crippen molar-refractivity contribution < 1.29 is 27.1 Å². The molecule has 1 N–H and O–H groups in total. The van der Waals surface area contributed by atoms with Crippen molar-refractivity contribution in [2.45, 2.75) is 17.7 Å². The Kier molecular flexibility index (Phi) is 4.05. The van der Waals surface area contributed by atoms with Crippen LogP contribution in [0, 0.1) is 17.6 Å². The van der Waals surface area contributed by atoms with Gasteiger partial charge in [0.25, 0.3) is 0 Å². The molecular weight excluding hydrogens is 292 g/mol. The normalized spacial score (nSPS) is 15.6. The highest BCUT2D eigenvalue weighted by molar-refractivity contribution is 7.89. The van der Waals surface area contributed by atoms with E-state index in [9.17, 15) is 22.0 Å². The summed E-state index contributed by atoms with van der Waals surface area (Å²) in [4.78, 5) is 10.3. The fourth-order valence-corrected chi connectivity index (χ4v) is 3.25. The highest BCUT2D eigenvalue weighted by Crippen LogP contribution is 2.31. The number of rotatable bonds is 6. The largest absolute Gasteiger partial charge is 0.480 e. The molecule has 0 heterocycles. The van der Waals surface area contributed by atoms with E-state index in [-0.39, 0.29) is 12.5 Å². The van der Waals surface area contributed by atoms with Crippen LogP contribution < -0.4 is 0 Å². The Hall–Kier alpha value is -1.54. The number of hydrogen-bond acceptors (Lipinski definition) is 3. The molecule has 0 saturated heterocycles. The maximum absolute atomic E-state index is 13.1. The zero-order valence-electron chi connectivity index (χ0n) is 10.4. The first-order valence-electron chi connectivity index (χ1n) is 5.97. The van der Waals surface area contributed by atoms with Crippen LogP contribution in [-0.4, -0.2) is 36.9 Å². The fourth-order valence-electron chi connectivity index (χ4n) is 1.77. The van der Waals surface area contributed by atoms with Crippen molar-refractivity contribution >= 4 is 16.0 Å². The first kappa shape index (κ1) is 14.9. The van der Waals surface area contributed by atoms with Gasteiger partial charge in [-0.25, -0.2) is 17.2 Å². The molecule has 1 fully saturated rings. The Morgan fingerprint density at radius 3 is 2.45 bits per heavy atom. The minimum Gasteiger partial charge on any atom is -0.480 e. The van der Waals surface area contributed by atoms with E-state index in [2.05, 4.69) is 0 Å². The average Bonchev–Trinajstić information content (AvgIpc) is 3.15. The number of carboxylic acids is 1. The lowest BCUT2D eigenvalue weighted by molar-refractivity contribution is -0.137. The predicted octanol–water partition coefficient (Wildman–Crippen LogP) is 1.45. The second-order valence-corrected chi connectivity index (χ2v) is 6.65. The van der Waals surface area contributed by atoms with Gasteiger partial charge in [0.05, 0.1) is 4.90 Å². The molecule has 0 aliphatic heterocycles. The van der Waals surface area contributed by atoms with Gasteiger partial charge in [-0.3, -0.25) is 4.79 Å². The van der Waals surface area contributed by atoms with Crippen molar-refractivity contribution in [3.63, 3.8) is 0 Å². The lowest BCUT2D eigenvalue weighted by atomic mass is 10.3. The number of hydrogen-bond donors (Lipinski definition) is 1. The number of halogens is 2. The molecule has 1 aromatic carbocycles. The SMILES string of the molecule is O=C(O)CN(CC1CC1)S(=O)(=O)c1ccc(F)c(F)c1. The van der Waals surface area contributed by atoms with Crippen molar-refractivity contribution in [2.75, 3.05) is 13.1 Å². The van der Waals surface area contributed by atoms with E-state index in [4.69, 9.17) is 5.11 Å². The zero-order valence-corrected chi connectivity index (χ0v) is 11.2. The smallest absolute Gasteiger partial charge is 0.318 e. The second kappa shape index (κ2) is 5.45. The minimum absolute atomic E-state index is 0.0770. The maximum Gasteiger partial charge on any atom is 0.318 e. The van der Waals surface area contributed by atoms with Crippen LogP contribution in [0.5, 0.6) is 0 Å². The molecule has 8 heteroatoms. The summed E-state index contributed by atoms with van der Waals surface area (Å²) in [6.07, 6.45) is 1.67. The summed E-state index contributed by atoms with van der Waals surface area (Å²) >= 11 is 0. The molecule has 0 aromatic heterocycles. The highest BCUT2D eigenvalue weighted by atomic mass is 32.2. The van der Waals surface area contributed by atoms with E-state index >= 15 is 0 Å². The summed E-state index contributed by atoms with van der Waals surface area (Å²) in [6.45, 7) is -0.620. The van der Waals surface area contributed by atoms with E-state index in [1.807, 2.05) is 0 Å². The van der Waals surface area contributed by atoms with E-state index in [0.29, 0.717) is 12.1 Å². The van der Waals surface area contributed by atoms with Crippen molar-refractivity contribution in [1.29, 1.82) is 0 Å². The van der Waals surface area contributed by atoms with Crippen LogP contribution >= 0.6 is 0 Å². The molecule has 1 saturated carbocycles. The van der Waals surface area contributed by atoms with E-state index in [1.165, 1.54) is 0 Å². The summed E-state index contributed by atoms with van der Waals surface area (Å²) in [5.74, 6) is -3.60. The molecular formula is C12H13F2NO4S. The quantitative estimate of drug-likeness (QED) is 0.863. The summed E-state index contributed by atoms with van der Waals surface area (Å²) < 4.78 is 51.3. The second-order valence-electron chi connectivity index (χ2n) is 4.71. The van der Waals surface area contributed by atoms with Gasteiger partial charge in [0.15, 0.2) is 11.6 Å². The summed E-state index contributed by atoms with van der Waals surface area (Å²) in [6, 6.07) is 2.19. The Morgan fingerprint density at radius 1 is 1.30 bits per heavy atom. The topological polar surface area (TPSA) is 74.7 Å². The summed E-state index contributed by atoms with van der Waals surface area (Å²) in [5.41, 5.74) is 0. The molecule has 1 aromatic rings. The Labute approximate surface area is 114 Å². The van der Waals surface area contributed by atoms with Crippen molar-refractivity contribution in [2.24, 2.45) is 5.92 Å². The molecule has 5 nitrogen and oxygen atoms in total. The monoisotopic (exact) mass is 305 g/mol. The molecule has 0 radical (unpaired) electrons. The number of sulfonamides is 1. The lowest BCUT2D eigenvalue weighted by Crippen LogP contribution is -2.37. The number of benzene rings is 1. The van der Waals surface area contributed by atoms with Crippen LogP contribution in [0.25, 0.3) is 0 Å². The highest BCUT2D eigenvalue weighted by Gasteiger charge is 2.33. The van der Waals surface area contributed by atoms with E-state index in [0.717, 1.165) is 23.2 Å². The number of carboxylic acid groups (broad SMARTS) is 1. The van der Waals surface area contributed by atoms with Gasteiger partial charge in [0.2, 0.25) is 10.0 Å². The zero-order chi connectivity index (χ0) is 14.9. The Balaban J connectivity index is 2.32. The van der Waals surface area contributed by atoms with Crippen LogP contribution in [0.15, 0.2) is 23.1 Å². The third-order valence-electron chi connectivity index (χ3n) is 3.00. The van der Waals surface area contributed by atoms with Crippen molar-refractivity contribution in [3.05, 3.63) is 29.8 Å². The molecule has 0 spiro atoms. The molecule has 0 atom stereocenters. The lowest BCUT2D eigenvalue weighted by Gasteiger charge is -2.20. The molecule has 0 bridgehead atoms. The van der Waals surface area contributed by atoms with E-state index < -0.39 is 39.1 Å². The van der Waals surface area contributed by atoms with Gasteiger partial charge in [0, 0.05) is 6.54 Å². The number of carbonyl (C=O) groups is 1. The third kappa shape index (κ3) is 3.31. The van der Waals surface area contributed by atoms with Gasteiger partial charge in [-0.1, -0.05) is 0 Å². The van der Waals surface area contributed by atoms with Crippen LogP contribution in [0.2, 0.25) is 0 Å². The Morgan fingerprint density at radius 2 is 1.95 bits per heavy atom. The summed E-state index contributed by atoms with van der Waals surface area (Å²) in [7, 11) is -4.14. The van der Waals surface area contributed by atoms with Gasteiger partial charge in [-0.05, 0) is 37.0 Å². The molecule has 0 unspecified atom stereocenters. The average molecular weight is 305 g/mol. The van der Waals surface area contributed by atoms with Crippen molar-refractivity contribution in [1.82, 2.24) is 4.31 Å². The Bertz CT molecular complexity index is 628. The molecule has 1 aliphatic rings. The van der Waals surface area contributed by atoms with Crippen molar-refractivity contribution in [3.8, 4) is 0 Å². The molecule has 0 amide bonds. The van der Waals surface area contributed by atoms with Crippen LogP contribution in [0.3, 0.4) is 0 Å². The minimum atomic E-state index is -4.14. The fraction of sp³-hybridized carbons (Fsp3) is 0.417. The molecule has 1 aliphatic carbocycles. The van der Waals surface area contributed by atoms with E-state index in [1.54, 1.807) is 0 Å². The predicted molar refractivity (Wildman–Crippen MR) is 65.5 cm³/mol. The van der Waals surface area contributed by atoms with Gasteiger partial charge in [0.1, 0.15) is 6.54 Å². The van der Waals surface area contributed by atoms with Crippen LogP contribution in [0.4, 0.5) is 8.78 Å². The summed E-state index contributed by atoms with van der Waals surface area (Å²) in [5, 5.41) is 8.79. The number of aliphatic carboxylic acids is 1. The third-order valence-corrected chi connectivity index (χ3v) is 4.81. The molecule has 110 valence electrons. The maximum atomic E-state index is 13.1. The van der Waals surface area contributed by atoms with Gasteiger partial charge in [-0.15, -0.1) is 0 Å². The first-order chi connectivity index (χ1) is 9.30. The molecule has 2 rings (SSSR count). The van der Waals surface area contributed by atoms with Gasteiger partial charge < -0.3 is 5.11 Å². The van der Waals surface area contributed by atoms with Crippen LogP contribution in [0.1, 0.15) is 12.8 Å². The first-order valence-corrected chi connectivity index (χ1v) is 7.41. The standard InChI is InChI=1S/C12H13F2NO4S/c13-10-4-3-9(5-11(10)14)20(18,19)15(7-12(16)17)6-8-1-2-8/h3-5,8H,1-2,6-7H2,(H,16,17). The van der Waals surface area contributed by atoms with Gasteiger partial charge in [-0.2, -0.15) is 4.31 Å². The molecule has 20 heavy (non-hydrogen) atoms. The number of nitrogens with zero attached hydrogens (tertiary/aromatic N) is 1. The van der Waals surface area contributed by atoms with Crippen LogP contribution in [-0.2, 0) is 14.8 Å².